The predicted molar refractivity (Wildman–Crippen MR) is 118 cm³/mol. The van der Waals surface area contributed by atoms with Crippen LogP contribution < -0.4 is 15.0 Å². The van der Waals surface area contributed by atoms with Gasteiger partial charge in [0.2, 0.25) is 5.91 Å². The molecular formula is C24H29N3O4. The molecule has 0 aromatic heterocycles. The maximum Gasteiger partial charge on any atom is 0.262 e. The lowest BCUT2D eigenvalue weighted by Crippen LogP contribution is -2.54. The van der Waals surface area contributed by atoms with Gasteiger partial charge < -0.3 is 24.6 Å². The highest BCUT2D eigenvalue weighted by Crippen LogP contribution is 2.39. The molecule has 1 saturated heterocycles. The number of nitrogens with one attached hydrogen (secondary N) is 1. The second-order valence-corrected chi connectivity index (χ2v) is 7.77. The molecule has 0 bridgehead atoms. The maximum atomic E-state index is 13.7. The average Bonchev–Trinajstić information content (AvgIpc) is 2.83. The zero-order valence-electron chi connectivity index (χ0n) is 17.8. The summed E-state index contributed by atoms with van der Waals surface area (Å²) in [6, 6.07) is 16.8. The van der Waals surface area contributed by atoms with Crippen LogP contribution in [-0.4, -0.2) is 62.2 Å². The molecule has 7 nitrogen and oxygen atoms in total. The molecule has 164 valence electrons. The monoisotopic (exact) mass is 423 g/mol. The topological polar surface area (TPSA) is 71.1 Å². The Kier molecular flexibility index (Phi) is 6.72. The molecule has 0 saturated carbocycles. The van der Waals surface area contributed by atoms with Crippen molar-refractivity contribution in [2.24, 2.45) is 0 Å². The van der Waals surface area contributed by atoms with Crippen molar-refractivity contribution < 1.29 is 19.1 Å². The molecule has 1 fully saturated rings. The van der Waals surface area contributed by atoms with Crippen molar-refractivity contribution >= 4 is 17.5 Å². The number of nitrogens with zero attached hydrogens (tertiary/aromatic N) is 2. The molecule has 7 heteroatoms. The summed E-state index contributed by atoms with van der Waals surface area (Å²) in [6.07, 6.45) is 0.158. The van der Waals surface area contributed by atoms with E-state index in [2.05, 4.69) is 5.32 Å². The Bertz CT molecular complexity index is 899. The first-order chi connectivity index (χ1) is 15.2. The number of carbonyl (C=O) groups is 2. The number of fused-ring (bicyclic) bond motifs is 1. The molecule has 2 heterocycles. The lowest BCUT2D eigenvalue weighted by molar-refractivity contribution is -0.137. The largest absolute Gasteiger partial charge is 0.477 e. The third kappa shape index (κ3) is 4.66. The van der Waals surface area contributed by atoms with Gasteiger partial charge in [0.05, 0.1) is 25.4 Å². The minimum Gasteiger partial charge on any atom is -0.477 e. The number of benzene rings is 2. The molecule has 0 unspecified atom stereocenters. The molecular weight excluding hydrogens is 394 g/mol. The van der Waals surface area contributed by atoms with Gasteiger partial charge in [0, 0.05) is 19.6 Å². The van der Waals surface area contributed by atoms with E-state index in [1.165, 1.54) is 0 Å². The number of ether oxygens (including phenoxy) is 2. The number of rotatable bonds is 6. The zero-order valence-corrected chi connectivity index (χ0v) is 17.8. The van der Waals surface area contributed by atoms with E-state index in [-0.39, 0.29) is 11.8 Å². The molecule has 0 spiro atoms. The van der Waals surface area contributed by atoms with Gasteiger partial charge >= 0.3 is 0 Å². The summed E-state index contributed by atoms with van der Waals surface area (Å²) in [6.45, 7) is 5.10. The summed E-state index contributed by atoms with van der Waals surface area (Å²) >= 11 is 0. The lowest BCUT2D eigenvalue weighted by Gasteiger charge is -2.42. The Morgan fingerprint density at radius 3 is 2.52 bits per heavy atom. The second-order valence-electron chi connectivity index (χ2n) is 7.77. The molecule has 0 radical (unpaired) electrons. The fourth-order valence-corrected chi connectivity index (χ4v) is 4.05. The van der Waals surface area contributed by atoms with E-state index in [0.717, 1.165) is 17.7 Å². The lowest BCUT2D eigenvalue weighted by atomic mass is 10.0. The first-order valence-electron chi connectivity index (χ1n) is 10.9. The van der Waals surface area contributed by atoms with Gasteiger partial charge in [-0.05, 0) is 24.1 Å². The number of hydrogen-bond donors (Lipinski definition) is 1. The normalized spacial score (nSPS) is 19.2. The van der Waals surface area contributed by atoms with Crippen molar-refractivity contribution in [3.05, 3.63) is 60.2 Å². The van der Waals surface area contributed by atoms with Gasteiger partial charge in [-0.3, -0.25) is 9.59 Å². The van der Waals surface area contributed by atoms with Crippen LogP contribution in [0.25, 0.3) is 0 Å². The SMILES string of the molecule is CCCNC(=O)[C@@H]1CN([C@H](C(=O)N2CCOCC2)c2ccccc2)c2ccccc2O1. The van der Waals surface area contributed by atoms with Crippen molar-refractivity contribution in [3.8, 4) is 5.75 Å². The number of para-hydroxylation sites is 2. The van der Waals surface area contributed by atoms with Gasteiger partial charge in [-0.1, -0.05) is 49.4 Å². The predicted octanol–water partition coefficient (Wildman–Crippen LogP) is 2.38. The van der Waals surface area contributed by atoms with Crippen molar-refractivity contribution in [1.82, 2.24) is 10.2 Å². The highest BCUT2D eigenvalue weighted by atomic mass is 16.5. The van der Waals surface area contributed by atoms with Crippen LogP contribution in [0.1, 0.15) is 24.9 Å². The molecule has 2 aromatic carbocycles. The maximum absolute atomic E-state index is 13.7. The van der Waals surface area contributed by atoms with Gasteiger partial charge in [0.15, 0.2) is 6.10 Å². The van der Waals surface area contributed by atoms with Crippen molar-refractivity contribution in [2.45, 2.75) is 25.5 Å². The van der Waals surface area contributed by atoms with E-state index in [9.17, 15) is 9.59 Å². The molecule has 2 amide bonds. The summed E-state index contributed by atoms with van der Waals surface area (Å²) in [5.41, 5.74) is 1.71. The number of carbonyl (C=O) groups excluding carboxylic acids is 2. The average molecular weight is 424 g/mol. The molecule has 2 atom stereocenters. The van der Waals surface area contributed by atoms with Gasteiger partial charge in [0.1, 0.15) is 11.8 Å². The van der Waals surface area contributed by atoms with Crippen LogP contribution in [0.2, 0.25) is 0 Å². The molecule has 0 aliphatic carbocycles. The van der Waals surface area contributed by atoms with E-state index in [4.69, 9.17) is 9.47 Å². The smallest absolute Gasteiger partial charge is 0.262 e. The van der Waals surface area contributed by atoms with Crippen LogP contribution in [0.15, 0.2) is 54.6 Å². The summed E-state index contributed by atoms with van der Waals surface area (Å²) < 4.78 is 11.5. The third-order valence-corrected chi connectivity index (χ3v) is 5.63. The molecule has 31 heavy (non-hydrogen) atoms. The second kappa shape index (κ2) is 9.83. The zero-order chi connectivity index (χ0) is 21.6. The van der Waals surface area contributed by atoms with E-state index in [1.54, 1.807) is 0 Å². The van der Waals surface area contributed by atoms with E-state index < -0.39 is 12.1 Å². The van der Waals surface area contributed by atoms with Crippen LogP contribution in [0.3, 0.4) is 0 Å². The number of amides is 2. The Hall–Kier alpha value is -3.06. The Morgan fingerprint density at radius 1 is 1.06 bits per heavy atom. The van der Waals surface area contributed by atoms with Gasteiger partial charge in [0.25, 0.3) is 5.91 Å². The minimum absolute atomic E-state index is 0.0129. The summed E-state index contributed by atoms with van der Waals surface area (Å²) in [5, 5.41) is 2.92. The summed E-state index contributed by atoms with van der Waals surface area (Å²) in [4.78, 5) is 30.4. The van der Waals surface area contributed by atoms with Crippen molar-refractivity contribution in [3.63, 3.8) is 0 Å². The quantitative estimate of drug-likeness (QED) is 0.773. The highest BCUT2D eigenvalue weighted by Gasteiger charge is 2.39. The van der Waals surface area contributed by atoms with Gasteiger partial charge in [-0.2, -0.15) is 0 Å². The molecule has 4 rings (SSSR count). The number of morpholine rings is 1. The molecule has 1 N–H and O–H groups in total. The van der Waals surface area contributed by atoms with E-state index >= 15 is 0 Å². The van der Waals surface area contributed by atoms with Crippen LogP contribution >= 0.6 is 0 Å². The van der Waals surface area contributed by atoms with Gasteiger partial charge in [-0.15, -0.1) is 0 Å². The standard InChI is InChI=1S/C24H29N3O4/c1-2-12-25-23(28)21-17-27(19-10-6-7-11-20(19)31-21)22(18-8-4-3-5-9-18)24(29)26-13-15-30-16-14-26/h3-11,21-22H,2,12-17H2,1H3,(H,25,28)/t21-,22-/m0/s1. The molecule has 2 aliphatic heterocycles. The number of anilines is 1. The minimum atomic E-state index is -0.690. The summed E-state index contributed by atoms with van der Waals surface area (Å²) in [5.74, 6) is 0.465. The number of hydrogen-bond acceptors (Lipinski definition) is 5. The molecule has 2 aromatic rings. The molecule has 2 aliphatic rings. The van der Waals surface area contributed by atoms with Crippen LogP contribution in [0.5, 0.6) is 5.75 Å². The van der Waals surface area contributed by atoms with E-state index in [1.807, 2.05) is 71.3 Å². The van der Waals surface area contributed by atoms with Crippen LogP contribution in [0, 0.1) is 0 Å². The summed E-state index contributed by atoms with van der Waals surface area (Å²) in [7, 11) is 0. The van der Waals surface area contributed by atoms with Crippen molar-refractivity contribution in [1.29, 1.82) is 0 Å². The van der Waals surface area contributed by atoms with E-state index in [0.29, 0.717) is 45.1 Å². The van der Waals surface area contributed by atoms with Crippen LogP contribution in [0.4, 0.5) is 5.69 Å². The van der Waals surface area contributed by atoms with Crippen LogP contribution in [-0.2, 0) is 14.3 Å². The highest BCUT2D eigenvalue weighted by molar-refractivity contribution is 5.89. The fraction of sp³-hybridized carbons (Fsp3) is 0.417. The third-order valence-electron chi connectivity index (χ3n) is 5.63. The Balaban J connectivity index is 1.71. The first kappa shape index (κ1) is 21.2. The Labute approximate surface area is 182 Å². The first-order valence-corrected chi connectivity index (χ1v) is 10.9. The van der Waals surface area contributed by atoms with Crippen molar-refractivity contribution in [2.75, 3.05) is 44.3 Å². The fourth-order valence-electron chi connectivity index (χ4n) is 4.05. The van der Waals surface area contributed by atoms with Gasteiger partial charge in [-0.25, -0.2) is 0 Å². The Morgan fingerprint density at radius 2 is 1.77 bits per heavy atom.